The van der Waals surface area contributed by atoms with E-state index in [9.17, 15) is 9.90 Å². The van der Waals surface area contributed by atoms with E-state index in [0.29, 0.717) is 25.3 Å². The predicted octanol–water partition coefficient (Wildman–Crippen LogP) is 2.35. The van der Waals surface area contributed by atoms with Crippen molar-refractivity contribution in [3.63, 3.8) is 0 Å². The Morgan fingerprint density at radius 3 is 2.60 bits per heavy atom. The van der Waals surface area contributed by atoms with Crippen LogP contribution in [0.5, 0.6) is 5.75 Å². The van der Waals surface area contributed by atoms with Crippen LogP contribution in [0, 0.1) is 6.92 Å². The number of aromatic hydroxyl groups is 1. The van der Waals surface area contributed by atoms with Gasteiger partial charge in [0.2, 0.25) is 6.41 Å². The molecule has 1 amide bonds. The van der Waals surface area contributed by atoms with Crippen molar-refractivity contribution in [2.24, 2.45) is 0 Å². The van der Waals surface area contributed by atoms with E-state index in [1.165, 1.54) is 0 Å². The first-order valence-electron chi connectivity index (χ1n) is 6.96. The summed E-state index contributed by atoms with van der Waals surface area (Å²) in [6.45, 7) is 9.20. The fourth-order valence-electron chi connectivity index (χ4n) is 2.11. The molecule has 0 aliphatic carbocycles. The van der Waals surface area contributed by atoms with Gasteiger partial charge in [0.1, 0.15) is 5.75 Å². The monoisotopic (exact) mass is 279 g/mol. The molecule has 0 heterocycles. The summed E-state index contributed by atoms with van der Waals surface area (Å²) in [6.07, 6.45) is 2.22. The van der Waals surface area contributed by atoms with Gasteiger partial charge in [0.15, 0.2) is 0 Å². The van der Waals surface area contributed by atoms with Crippen LogP contribution in [0.1, 0.15) is 37.5 Å². The summed E-state index contributed by atoms with van der Waals surface area (Å²) in [7, 11) is 0. The molecule has 0 aliphatic rings. The average Bonchev–Trinajstić information content (AvgIpc) is 2.35. The Morgan fingerprint density at radius 1 is 1.30 bits per heavy atom. The summed E-state index contributed by atoms with van der Waals surface area (Å²) in [5.74, 6) is 0.308. The second kappa shape index (κ2) is 7.29. The second-order valence-electron chi connectivity index (χ2n) is 5.88. The van der Waals surface area contributed by atoms with Crippen molar-refractivity contribution >= 4 is 6.41 Å². The number of carbonyl (C=O) groups is 1. The number of hydrogen-bond acceptors (Lipinski definition) is 3. The number of amides is 1. The number of rotatable bonds is 7. The first-order valence-corrected chi connectivity index (χ1v) is 6.96. The van der Waals surface area contributed by atoms with Gasteiger partial charge in [-0.2, -0.15) is 0 Å². The summed E-state index contributed by atoms with van der Waals surface area (Å²) >= 11 is 0. The molecule has 112 valence electrons. The van der Waals surface area contributed by atoms with Gasteiger partial charge >= 0.3 is 0 Å². The van der Waals surface area contributed by atoms with E-state index in [1.54, 1.807) is 6.07 Å². The number of ether oxygens (including phenoxy) is 1. The zero-order valence-electron chi connectivity index (χ0n) is 12.8. The molecule has 0 atom stereocenters. The van der Waals surface area contributed by atoms with Gasteiger partial charge < -0.3 is 15.2 Å². The fraction of sp³-hybridized carbons (Fsp3) is 0.562. The summed E-state index contributed by atoms with van der Waals surface area (Å²) in [5.41, 5.74) is 2.99. The molecule has 1 aromatic rings. The molecular weight excluding hydrogens is 254 g/mol. The van der Waals surface area contributed by atoms with E-state index < -0.39 is 0 Å². The molecule has 20 heavy (non-hydrogen) atoms. The smallest absolute Gasteiger partial charge is 0.207 e. The van der Waals surface area contributed by atoms with Crippen LogP contribution in [0.4, 0.5) is 0 Å². The van der Waals surface area contributed by atoms with Crippen molar-refractivity contribution in [1.29, 1.82) is 0 Å². The van der Waals surface area contributed by atoms with Gasteiger partial charge in [-0.25, -0.2) is 0 Å². The SMILES string of the molecule is Cc1c(O)ccc(CCNC=O)c1CCOC(C)(C)C. The minimum absolute atomic E-state index is 0.163. The lowest BCUT2D eigenvalue weighted by atomic mass is 9.96. The fourth-order valence-corrected chi connectivity index (χ4v) is 2.11. The maximum absolute atomic E-state index is 10.3. The third kappa shape index (κ3) is 5.21. The van der Waals surface area contributed by atoms with Crippen LogP contribution in [0.25, 0.3) is 0 Å². The zero-order chi connectivity index (χ0) is 15.2. The quantitative estimate of drug-likeness (QED) is 0.595. The van der Waals surface area contributed by atoms with Crippen LogP contribution in [0.15, 0.2) is 12.1 Å². The molecule has 0 bridgehead atoms. The van der Waals surface area contributed by atoms with Crippen molar-refractivity contribution in [2.45, 2.75) is 46.1 Å². The van der Waals surface area contributed by atoms with Crippen molar-refractivity contribution in [1.82, 2.24) is 5.32 Å². The maximum Gasteiger partial charge on any atom is 0.207 e. The lowest BCUT2D eigenvalue weighted by molar-refractivity contribution is -0.109. The maximum atomic E-state index is 10.3. The number of phenols is 1. The molecule has 2 N–H and O–H groups in total. The Kier molecular flexibility index (Phi) is 6.02. The van der Waals surface area contributed by atoms with Crippen LogP contribution >= 0.6 is 0 Å². The number of nitrogens with one attached hydrogen (secondary N) is 1. The molecule has 0 saturated carbocycles. The van der Waals surface area contributed by atoms with E-state index in [0.717, 1.165) is 29.5 Å². The molecule has 0 radical (unpaired) electrons. The molecule has 0 fully saturated rings. The Hall–Kier alpha value is -1.55. The molecule has 0 saturated heterocycles. The lowest BCUT2D eigenvalue weighted by Gasteiger charge is -2.21. The number of carbonyl (C=O) groups excluding carboxylic acids is 1. The molecule has 0 spiro atoms. The highest BCUT2D eigenvalue weighted by Gasteiger charge is 2.13. The Morgan fingerprint density at radius 2 is 2.00 bits per heavy atom. The van der Waals surface area contributed by atoms with Gasteiger partial charge in [-0.05, 0) is 63.3 Å². The summed E-state index contributed by atoms with van der Waals surface area (Å²) in [5, 5.41) is 12.5. The van der Waals surface area contributed by atoms with Crippen molar-refractivity contribution in [3.8, 4) is 5.75 Å². The van der Waals surface area contributed by atoms with Gasteiger partial charge in [-0.1, -0.05) is 6.07 Å². The summed E-state index contributed by atoms with van der Waals surface area (Å²) in [6, 6.07) is 3.63. The van der Waals surface area contributed by atoms with E-state index >= 15 is 0 Å². The molecule has 0 aliphatic heterocycles. The predicted molar refractivity (Wildman–Crippen MR) is 80.0 cm³/mol. The van der Waals surface area contributed by atoms with Crippen LogP contribution in [-0.2, 0) is 22.4 Å². The van der Waals surface area contributed by atoms with Crippen molar-refractivity contribution in [2.75, 3.05) is 13.2 Å². The third-order valence-corrected chi connectivity index (χ3v) is 3.18. The first kappa shape index (κ1) is 16.5. The Balaban J connectivity index is 2.79. The van der Waals surface area contributed by atoms with Gasteiger partial charge in [-0.3, -0.25) is 4.79 Å². The van der Waals surface area contributed by atoms with E-state index in [-0.39, 0.29) is 5.60 Å². The van der Waals surface area contributed by atoms with Gasteiger partial charge in [-0.15, -0.1) is 0 Å². The molecule has 4 heteroatoms. The number of hydrogen-bond donors (Lipinski definition) is 2. The molecule has 0 aromatic heterocycles. The standard InChI is InChI=1S/C16H25NO3/c1-12-14(8-10-20-16(2,3)4)13(5-6-15(12)19)7-9-17-11-18/h5-6,11,19H,7-10H2,1-4H3,(H,17,18). The zero-order valence-corrected chi connectivity index (χ0v) is 12.8. The minimum atomic E-state index is -0.163. The number of benzene rings is 1. The third-order valence-electron chi connectivity index (χ3n) is 3.18. The van der Waals surface area contributed by atoms with E-state index in [2.05, 4.69) is 5.32 Å². The highest BCUT2D eigenvalue weighted by atomic mass is 16.5. The molecular formula is C16H25NO3. The van der Waals surface area contributed by atoms with Gasteiger partial charge in [0, 0.05) is 6.54 Å². The van der Waals surface area contributed by atoms with Crippen LogP contribution in [-0.4, -0.2) is 30.3 Å². The molecule has 4 nitrogen and oxygen atoms in total. The van der Waals surface area contributed by atoms with Crippen LogP contribution in [0.2, 0.25) is 0 Å². The van der Waals surface area contributed by atoms with E-state index in [1.807, 2.05) is 33.8 Å². The Bertz CT molecular complexity index is 450. The number of phenolic OH excluding ortho intramolecular Hbond substituents is 1. The second-order valence-corrected chi connectivity index (χ2v) is 5.88. The summed E-state index contributed by atoms with van der Waals surface area (Å²) < 4.78 is 5.76. The topological polar surface area (TPSA) is 58.6 Å². The average molecular weight is 279 g/mol. The highest BCUT2D eigenvalue weighted by molar-refractivity contribution is 5.47. The largest absolute Gasteiger partial charge is 0.508 e. The Labute approximate surface area is 121 Å². The van der Waals surface area contributed by atoms with E-state index in [4.69, 9.17) is 4.74 Å². The van der Waals surface area contributed by atoms with Crippen molar-refractivity contribution < 1.29 is 14.6 Å². The molecule has 1 rings (SSSR count). The van der Waals surface area contributed by atoms with Gasteiger partial charge in [0.05, 0.1) is 12.2 Å². The molecule has 0 unspecified atom stereocenters. The minimum Gasteiger partial charge on any atom is -0.508 e. The normalized spacial score (nSPS) is 11.4. The van der Waals surface area contributed by atoms with Crippen molar-refractivity contribution in [3.05, 3.63) is 28.8 Å². The lowest BCUT2D eigenvalue weighted by Crippen LogP contribution is -2.21. The molecule has 1 aromatic carbocycles. The van der Waals surface area contributed by atoms with Crippen LogP contribution in [0.3, 0.4) is 0 Å². The van der Waals surface area contributed by atoms with Gasteiger partial charge in [0.25, 0.3) is 0 Å². The first-order chi connectivity index (χ1) is 9.35. The summed E-state index contributed by atoms with van der Waals surface area (Å²) in [4.78, 5) is 10.3. The van der Waals surface area contributed by atoms with Crippen LogP contribution < -0.4 is 5.32 Å². The highest BCUT2D eigenvalue weighted by Crippen LogP contribution is 2.25.